The summed E-state index contributed by atoms with van der Waals surface area (Å²) in [5.74, 6) is 1.35. The van der Waals surface area contributed by atoms with Crippen molar-refractivity contribution in [1.82, 2.24) is 0 Å². The van der Waals surface area contributed by atoms with E-state index in [1.807, 2.05) is 11.8 Å². The zero-order valence-corrected chi connectivity index (χ0v) is 8.38. The molecule has 0 spiro atoms. The number of rotatable bonds is 5. The van der Waals surface area contributed by atoms with Crippen LogP contribution in [0.3, 0.4) is 0 Å². The molecule has 0 saturated carbocycles. The third-order valence-electron chi connectivity index (χ3n) is 1.33. The first-order valence-corrected chi connectivity index (χ1v) is 5.65. The lowest BCUT2D eigenvalue weighted by Gasteiger charge is -1.97. The summed E-state index contributed by atoms with van der Waals surface area (Å²) < 4.78 is 1.35. The van der Waals surface area contributed by atoms with Crippen LogP contribution in [0.2, 0.25) is 0 Å². The molecule has 0 atom stereocenters. The minimum atomic E-state index is 0.293. The summed E-state index contributed by atoms with van der Waals surface area (Å²) in [4.78, 5) is 0. The predicted molar refractivity (Wildman–Crippen MR) is 56.2 cm³/mol. The van der Waals surface area contributed by atoms with Crippen molar-refractivity contribution in [2.24, 2.45) is 5.73 Å². The first-order valence-electron chi connectivity index (χ1n) is 3.78. The van der Waals surface area contributed by atoms with Crippen LogP contribution in [0.5, 0.6) is 0 Å². The highest BCUT2D eigenvalue weighted by molar-refractivity contribution is 8.01. The Labute approximate surface area is 80.7 Å². The fourth-order valence-electron chi connectivity index (χ4n) is 0.781. The molecule has 0 aliphatic rings. The number of nitrogens with one attached hydrogen (secondary N) is 1. The van der Waals surface area contributed by atoms with Gasteiger partial charge in [0.15, 0.2) is 0 Å². The number of thiophene rings is 1. The summed E-state index contributed by atoms with van der Waals surface area (Å²) in [5, 5.41) is 9.10. The van der Waals surface area contributed by atoms with E-state index in [9.17, 15) is 0 Å². The van der Waals surface area contributed by atoms with Crippen LogP contribution in [-0.4, -0.2) is 11.6 Å². The van der Waals surface area contributed by atoms with E-state index >= 15 is 0 Å². The van der Waals surface area contributed by atoms with E-state index in [2.05, 4.69) is 17.5 Å². The molecule has 4 heteroatoms. The Balaban J connectivity index is 2.07. The van der Waals surface area contributed by atoms with Gasteiger partial charge in [-0.3, -0.25) is 5.41 Å². The number of nitrogens with two attached hydrogens (primary N) is 1. The average molecular weight is 200 g/mol. The molecule has 0 fully saturated rings. The van der Waals surface area contributed by atoms with Crippen molar-refractivity contribution in [1.29, 1.82) is 5.41 Å². The van der Waals surface area contributed by atoms with E-state index in [1.54, 1.807) is 11.3 Å². The minimum absolute atomic E-state index is 0.293. The molecule has 1 aromatic heterocycles. The van der Waals surface area contributed by atoms with E-state index in [-0.39, 0.29) is 0 Å². The topological polar surface area (TPSA) is 49.9 Å². The molecule has 0 amide bonds. The molecular formula is C8H12N2S2. The molecular weight excluding hydrogens is 188 g/mol. The average Bonchev–Trinajstić information content (AvgIpc) is 2.49. The van der Waals surface area contributed by atoms with Crippen molar-refractivity contribution in [3.8, 4) is 0 Å². The van der Waals surface area contributed by atoms with Gasteiger partial charge in [0.05, 0.1) is 10.0 Å². The van der Waals surface area contributed by atoms with Crippen molar-refractivity contribution in [3.05, 3.63) is 17.5 Å². The highest BCUT2D eigenvalue weighted by atomic mass is 32.2. The van der Waals surface area contributed by atoms with Crippen LogP contribution in [0.1, 0.15) is 12.8 Å². The van der Waals surface area contributed by atoms with Crippen LogP contribution in [0.25, 0.3) is 0 Å². The fraction of sp³-hybridized carbons (Fsp3) is 0.375. The lowest BCUT2D eigenvalue weighted by Crippen LogP contribution is -2.08. The van der Waals surface area contributed by atoms with Crippen LogP contribution in [0, 0.1) is 5.41 Å². The zero-order chi connectivity index (χ0) is 8.81. The van der Waals surface area contributed by atoms with Gasteiger partial charge >= 0.3 is 0 Å². The summed E-state index contributed by atoms with van der Waals surface area (Å²) in [6.45, 7) is 0. The predicted octanol–water partition coefficient (Wildman–Crippen LogP) is 2.56. The van der Waals surface area contributed by atoms with Gasteiger partial charge in [-0.25, -0.2) is 0 Å². The second kappa shape index (κ2) is 5.22. The number of amidine groups is 1. The third kappa shape index (κ3) is 3.78. The summed E-state index contributed by atoms with van der Waals surface area (Å²) in [6.07, 6.45) is 1.72. The van der Waals surface area contributed by atoms with Crippen molar-refractivity contribution in [3.63, 3.8) is 0 Å². The second-order valence-corrected chi connectivity index (χ2v) is 4.75. The van der Waals surface area contributed by atoms with Gasteiger partial charge in [-0.2, -0.15) is 0 Å². The van der Waals surface area contributed by atoms with E-state index in [0.29, 0.717) is 5.84 Å². The third-order valence-corrected chi connectivity index (χ3v) is 3.55. The molecule has 0 aromatic carbocycles. The molecule has 0 unspecified atom stereocenters. The van der Waals surface area contributed by atoms with Crippen molar-refractivity contribution >= 4 is 28.9 Å². The summed E-state index contributed by atoms with van der Waals surface area (Å²) in [6, 6.07) is 4.17. The maximum Gasteiger partial charge on any atom is 0.0905 e. The summed E-state index contributed by atoms with van der Waals surface area (Å²) in [7, 11) is 0. The highest BCUT2D eigenvalue weighted by Gasteiger charge is 1.94. The standard InChI is InChI=1S/C8H12N2S2/c9-7(10)3-1-5-11-8-4-2-6-12-8/h2,4,6H,1,3,5H2,(H3,9,10). The van der Waals surface area contributed by atoms with Crippen molar-refractivity contribution < 1.29 is 0 Å². The molecule has 0 aliphatic carbocycles. The van der Waals surface area contributed by atoms with E-state index in [0.717, 1.165) is 18.6 Å². The Morgan fingerprint density at radius 3 is 3.08 bits per heavy atom. The zero-order valence-electron chi connectivity index (χ0n) is 6.75. The lowest BCUT2D eigenvalue weighted by atomic mass is 10.3. The van der Waals surface area contributed by atoms with Gasteiger partial charge in [-0.15, -0.1) is 23.1 Å². The lowest BCUT2D eigenvalue weighted by molar-refractivity contribution is 0.989. The largest absolute Gasteiger partial charge is 0.388 e. The molecule has 12 heavy (non-hydrogen) atoms. The monoisotopic (exact) mass is 200 g/mol. The smallest absolute Gasteiger partial charge is 0.0905 e. The molecule has 0 bridgehead atoms. The fourth-order valence-corrected chi connectivity index (χ4v) is 2.58. The SMILES string of the molecule is N=C(N)CCCSc1cccs1. The summed E-state index contributed by atoms with van der Waals surface area (Å²) >= 11 is 3.60. The Hall–Kier alpha value is -0.480. The normalized spacial score (nSPS) is 10.0. The Kier molecular flexibility index (Phi) is 4.18. The second-order valence-electron chi connectivity index (χ2n) is 2.41. The first kappa shape index (κ1) is 9.61. The Morgan fingerprint density at radius 2 is 2.50 bits per heavy atom. The molecule has 0 radical (unpaired) electrons. The molecule has 3 N–H and O–H groups in total. The highest BCUT2D eigenvalue weighted by Crippen LogP contribution is 2.23. The first-order chi connectivity index (χ1) is 5.79. The molecule has 66 valence electrons. The molecule has 0 aliphatic heterocycles. The van der Waals surface area contributed by atoms with Gasteiger partial charge in [0.2, 0.25) is 0 Å². The minimum Gasteiger partial charge on any atom is -0.388 e. The molecule has 1 rings (SSSR count). The van der Waals surface area contributed by atoms with Gasteiger partial charge < -0.3 is 5.73 Å². The number of thioether (sulfide) groups is 1. The Morgan fingerprint density at radius 1 is 1.67 bits per heavy atom. The maximum atomic E-state index is 7.02. The van der Waals surface area contributed by atoms with Crippen molar-refractivity contribution in [2.75, 3.05) is 5.75 Å². The van der Waals surface area contributed by atoms with Crippen LogP contribution >= 0.6 is 23.1 Å². The number of hydrogen-bond donors (Lipinski definition) is 2. The van der Waals surface area contributed by atoms with Gasteiger partial charge in [-0.1, -0.05) is 6.07 Å². The molecule has 0 saturated heterocycles. The maximum absolute atomic E-state index is 7.02. The molecule has 1 aromatic rings. The quantitative estimate of drug-likeness (QED) is 0.332. The van der Waals surface area contributed by atoms with E-state index in [4.69, 9.17) is 11.1 Å². The van der Waals surface area contributed by atoms with Crippen LogP contribution in [0.4, 0.5) is 0 Å². The molecule has 2 nitrogen and oxygen atoms in total. The molecule has 1 heterocycles. The van der Waals surface area contributed by atoms with E-state index in [1.165, 1.54) is 4.21 Å². The van der Waals surface area contributed by atoms with Crippen molar-refractivity contribution in [2.45, 2.75) is 17.1 Å². The van der Waals surface area contributed by atoms with Crippen LogP contribution < -0.4 is 5.73 Å². The van der Waals surface area contributed by atoms with Crippen LogP contribution in [0.15, 0.2) is 21.7 Å². The van der Waals surface area contributed by atoms with Gasteiger partial charge in [-0.05, 0) is 23.6 Å². The summed E-state index contributed by atoms with van der Waals surface area (Å²) in [5.41, 5.74) is 5.23. The van der Waals surface area contributed by atoms with Gasteiger partial charge in [0.1, 0.15) is 0 Å². The van der Waals surface area contributed by atoms with Gasteiger partial charge in [0, 0.05) is 6.42 Å². The van der Waals surface area contributed by atoms with E-state index < -0.39 is 0 Å². The Bertz CT molecular complexity index is 231. The van der Waals surface area contributed by atoms with Gasteiger partial charge in [0.25, 0.3) is 0 Å². The number of hydrogen-bond acceptors (Lipinski definition) is 3. The van der Waals surface area contributed by atoms with Crippen LogP contribution in [-0.2, 0) is 0 Å².